The minimum atomic E-state index is 0.0730. The van der Waals surface area contributed by atoms with Crippen LogP contribution in [0.15, 0.2) is 28.6 Å². The summed E-state index contributed by atoms with van der Waals surface area (Å²) in [6, 6.07) is 7.76. The monoisotopic (exact) mass is 339 g/mol. The van der Waals surface area contributed by atoms with E-state index < -0.39 is 0 Å². The predicted octanol–water partition coefficient (Wildman–Crippen LogP) is 4.22. The van der Waals surface area contributed by atoms with Crippen LogP contribution in [0.2, 0.25) is 5.02 Å². The zero-order chi connectivity index (χ0) is 14.7. The molecule has 1 aromatic carbocycles. The number of carbonyl (C=O) groups excluding carboxylic acids is 1. The summed E-state index contributed by atoms with van der Waals surface area (Å²) in [6.07, 6.45) is 3.12. The van der Waals surface area contributed by atoms with Crippen LogP contribution in [0.3, 0.4) is 0 Å². The van der Waals surface area contributed by atoms with Crippen molar-refractivity contribution in [1.29, 1.82) is 0 Å². The minimum Gasteiger partial charge on any atom is -0.300 e. The molecule has 1 saturated carbocycles. The van der Waals surface area contributed by atoms with Crippen LogP contribution in [0.5, 0.6) is 0 Å². The summed E-state index contributed by atoms with van der Waals surface area (Å²) in [6.45, 7) is 0. The number of nitrogens with zero attached hydrogens (tertiary/aromatic N) is 2. The van der Waals surface area contributed by atoms with E-state index in [4.69, 9.17) is 11.6 Å². The third kappa shape index (κ3) is 3.96. The van der Waals surface area contributed by atoms with Crippen molar-refractivity contribution in [2.45, 2.75) is 29.4 Å². The van der Waals surface area contributed by atoms with E-state index in [-0.39, 0.29) is 11.8 Å². The van der Waals surface area contributed by atoms with Gasteiger partial charge in [-0.05, 0) is 30.5 Å². The predicted molar refractivity (Wildman–Crippen MR) is 86.9 cm³/mol. The van der Waals surface area contributed by atoms with Gasteiger partial charge in [0.15, 0.2) is 4.34 Å². The summed E-state index contributed by atoms with van der Waals surface area (Å²) in [7, 11) is 0. The van der Waals surface area contributed by atoms with Gasteiger partial charge < -0.3 is 5.32 Å². The number of amides is 1. The molecule has 0 spiro atoms. The van der Waals surface area contributed by atoms with E-state index in [2.05, 4.69) is 15.5 Å². The first kappa shape index (κ1) is 14.8. The lowest BCUT2D eigenvalue weighted by Crippen LogP contribution is -2.27. The first-order valence-electron chi connectivity index (χ1n) is 6.72. The SMILES string of the molecule is O=C(Nc1nnc(SCc2cccc(Cl)c2)s1)C1CCC1. The van der Waals surface area contributed by atoms with E-state index in [0.29, 0.717) is 5.13 Å². The van der Waals surface area contributed by atoms with E-state index in [0.717, 1.165) is 39.9 Å². The third-order valence-corrected chi connectivity index (χ3v) is 5.64. The number of rotatable bonds is 5. The second-order valence-corrected chi connectivity index (χ2v) is 7.55. The van der Waals surface area contributed by atoms with Gasteiger partial charge in [0.25, 0.3) is 0 Å². The average Bonchev–Trinajstić information content (AvgIpc) is 2.82. The first-order valence-corrected chi connectivity index (χ1v) is 8.90. The molecule has 110 valence electrons. The molecule has 7 heteroatoms. The van der Waals surface area contributed by atoms with Crippen LogP contribution in [0.4, 0.5) is 5.13 Å². The molecule has 0 unspecified atom stereocenters. The minimum absolute atomic E-state index is 0.0730. The Morgan fingerprint density at radius 2 is 2.29 bits per heavy atom. The fraction of sp³-hybridized carbons (Fsp3) is 0.357. The first-order chi connectivity index (χ1) is 10.2. The van der Waals surface area contributed by atoms with Gasteiger partial charge in [-0.2, -0.15) is 0 Å². The molecule has 1 fully saturated rings. The average molecular weight is 340 g/mol. The Hall–Kier alpha value is -1.11. The molecule has 1 aliphatic rings. The van der Waals surface area contributed by atoms with Crippen LogP contribution in [-0.4, -0.2) is 16.1 Å². The van der Waals surface area contributed by atoms with E-state index in [1.54, 1.807) is 11.8 Å². The number of anilines is 1. The molecule has 1 aromatic heterocycles. The Balaban J connectivity index is 1.53. The van der Waals surface area contributed by atoms with Crippen LogP contribution < -0.4 is 5.32 Å². The van der Waals surface area contributed by atoms with Gasteiger partial charge >= 0.3 is 0 Å². The largest absolute Gasteiger partial charge is 0.300 e. The van der Waals surface area contributed by atoms with Gasteiger partial charge in [-0.25, -0.2) is 0 Å². The molecule has 1 heterocycles. The zero-order valence-corrected chi connectivity index (χ0v) is 13.6. The van der Waals surface area contributed by atoms with Crippen LogP contribution >= 0.6 is 34.7 Å². The van der Waals surface area contributed by atoms with Gasteiger partial charge in [0.05, 0.1) is 0 Å². The molecule has 1 N–H and O–H groups in total. The summed E-state index contributed by atoms with van der Waals surface area (Å²) >= 11 is 8.96. The summed E-state index contributed by atoms with van der Waals surface area (Å²) in [4.78, 5) is 11.8. The molecule has 21 heavy (non-hydrogen) atoms. The number of halogens is 1. The number of carbonyl (C=O) groups is 1. The van der Waals surface area contributed by atoms with Gasteiger partial charge in [-0.1, -0.05) is 53.3 Å². The molecule has 0 radical (unpaired) electrons. The second-order valence-electron chi connectivity index (χ2n) is 4.91. The van der Waals surface area contributed by atoms with Crippen molar-refractivity contribution in [3.63, 3.8) is 0 Å². The number of hydrogen-bond donors (Lipinski definition) is 1. The fourth-order valence-electron chi connectivity index (χ4n) is 1.97. The van der Waals surface area contributed by atoms with Crippen LogP contribution in [0.1, 0.15) is 24.8 Å². The maximum Gasteiger partial charge on any atom is 0.229 e. The van der Waals surface area contributed by atoms with Gasteiger partial charge in [0.1, 0.15) is 0 Å². The van der Waals surface area contributed by atoms with E-state index in [1.807, 2.05) is 24.3 Å². The molecule has 1 aliphatic carbocycles. The molecule has 0 bridgehead atoms. The number of benzene rings is 1. The Morgan fingerprint density at radius 1 is 1.43 bits per heavy atom. The molecule has 0 aliphatic heterocycles. The smallest absolute Gasteiger partial charge is 0.229 e. The van der Waals surface area contributed by atoms with Crippen molar-refractivity contribution < 1.29 is 4.79 Å². The lowest BCUT2D eigenvalue weighted by atomic mass is 9.85. The molecular formula is C14H14ClN3OS2. The molecule has 1 amide bonds. The third-order valence-electron chi connectivity index (χ3n) is 3.36. The Labute approximate surface area is 136 Å². The second kappa shape index (κ2) is 6.77. The van der Waals surface area contributed by atoms with Crippen LogP contribution in [-0.2, 0) is 10.5 Å². The molecule has 0 atom stereocenters. The van der Waals surface area contributed by atoms with Crippen molar-refractivity contribution in [2.75, 3.05) is 5.32 Å². The lowest BCUT2D eigenvalue weighted by molar-refractivity contribution is -0.122. The fourth-order valence-corrected chi connectivity index (χ4v) is 3.88. The van der Waals surface area contributed by atoms with Crippen LogP contribution in [0.25, 0.3) is 0 Å². The highest BCUT2D eigenvalue weighted by atomic mass is 35.5. The molecular weight excluding hydrogens is 326 g/mol. The van der Waals surface area contributed by atoms with Gasteiger partial charge in [0.2, 0.25) is 11.0 Å². The van der Waals surface area contributed by atoms with E-state index in [9.17, 15) is 4.79 Å². The number of aromatic nitrogens is 2. The van der Waals surface area contributed by atoms with Crippen molar-refractivity contribution in [1.82, 2.24) is 10.2 Å². The summed E-state index contributed by atoms with van der Waals surface area (Å²) in [5, 5.41) is 12.3. The van der Waals surface area contributed by atoms with Gasteiger partial charge in [-0.3, -0.25) is 4.79 Å². The summed E-state index contributed by atoms with van der Waals surface area (Å²) < 4.78 is 0.846. The molecule has 3 rings (SSSR count). The Kier molecular flexibility index (Phi) is 4.77. The van der Waals surface area contributed by atoms with Crippen molar-refractivity contribution in [3.05, 3.63) is 34.9 Å². The number of thioether (sulfide) groups is 1. The van der Waals surface area contributed by atoms with Gasteiger partial charge in [0, 0.05) is 16.7 Å². The number of nitrogens with one attached hydrogen (secondary N) is 1. The highest BCUT2D eigenvalue weighted by molar-refractivity contribution is 8.00. The van der Waals surface area contributed by atoms with E-state index >= 15 is 0 Å². The highest BCUT2D eigenvalue weighted by Gasteiger charge is 2.25. The van der Waals surface area contributed by atoms with Crippen LogP contribution in [0, 0.1) is 5.92 Å². The Morgan fingerprint density at radius 3 is 3.00 bits per heavy atom. The number of hydrogen-bond acceptors (Lipinski definition) is 5. The van der Waals surface area contributed by atoms with Crippen molar-refractivity contribution >= 4 is 45.7 Å². The molecule has 2 aromatic rings. The quantitative estimate of drug-likeness (QED) is 0.654. The summed E-state index contributed by atoms with van der Waals surface area (Å²) in [5.74, 6) is 1.02. The lowest BCUT2D eigenvalue weighted by Gasteiger charge is -2.23. The van der Waals surface area contributed by atoms with Crippen molar-refractivity contribution in [2.24, 2.45) is 5.92 Å². The topological polar surface area (TPSA) is 54.9 Å². The Bertz CT molecular complexity index is 643. The maximum atomic E-state index is 11.8. The highest BCUT2D eigenvalue weighted by Crippen LogP contribution is 2.31. The molecule has 0 saturated heterocycles. The normalized spacial score (nSPS) is 14.7. The zero-order valence-electron chi connectivity index (χ0n) is 11.2. The van der Waals surface area contributed by atoms with E-state index in [1.165, 1.54) is 11.3 Å². The van der Waals surface area contributed by atoms with Crippen molar-refractivity contribution in [3.8, 4) is 0 Å². The standard InChI is InChI=1S/C14H14ClN3OS2/c15-11-6-1-3-9(7-11)8-20-14-18-17-13(21-14)16-12(19)10-4-2-5-10/h1,3,6-7,10H,2,4-5,8H2,(H,16,17,19). The summed E-state index contributed by atoms with van der Waals surface area (Å²) in [5.41, 5.74) is 1.14. The van der Waals surface area contributed by atoms with Gasteiger partial charge in [-0.15, -0.1) is 10.2 Å². The molecule has 4 nitrogen and oxygen atoms in total. The maximum absolute atomic E-state index is 11.8.